The first-order chi connectivity index (χ1) is 9.62. The summed E-state index contributed by atoms with van der Waals surface area (Å²) in [5.74, 6) is -0.118. The van der Waals surface area contributed by atoms with Crippen LogP contribution in [0.2, 0.25) is 0 Å². The average Bonchev–Trinajstić information content (AvgIpc) is 3.25. The SMILES string of the molecule is O=C(Nc1cc(Br)c[nH]c1=O)C1(c2ccccc2)CC1. The zero-order valence-electron chi connectivity index (χ0n) is 10.7. The number of benzene rings is 1. The summed E-state index contributed by atoms with van der Waals surface area (Å²) >= 11 is 3.28. The van der Waals surface area contributed by atoms with Gasteiger partial charge < -0.3 is 10.3 Å². The monoisotopic (exact) mass is 332 g/mol. The molecule has 1 heterocycles. The van der Waals surface area contributed by atoms with Gasteiger partial charge in [0, 0.05) is 10.7 Å². The molecule has 1 amide bonds. The molecule has 5 heteroatoms. The number of carbonyl (C=O) groups is 1. The number of hydrogen-bond acceptors (Lipinski definition) is 2. The minimum atomic E-state index is -0.476. The number of rotatable bonds is 3. The summed E-state index contributed by atoms with van der Waals surface area (Å²) in [7, 11) is 0. The van der Waals surface area contributed by atoms with Gasteiger partial charge in [0.05, 0.1) is 5.41 Å². The van der Waals surface area contributed by atoms with E-state index in [9.17, 15) is 9.59 Å². The molecular formula is C15H13BrN2O2. The molecule has 1 aliphatic rings. The highest BCUT2D eigenvalue weighted by Crippen LogP contribution is 2.48. The van der Waals surface area contributed by atoms with Crippen LogP contribution in [0.15, 0.2) is 51.9 Å². The highest BCUT2D eigenvalue weighted by Gasteiger charge is 2.51. The molecule has 2 N–H and O–H groups in total. The first-order valence-electron chi connectivity index (χ1n) is 6.37. The molecule has 1 aromatic carbocycles. The number of anilines is 1. The fourth-order valence-corrected chi connectivity index (χ4v) is 2.66. The molecule has 0 saturated heterocycles. The Hall–Kier alpha value is -1.88. The van der Waals surface area contributed by atoms with Gasteiger partial charge in [0.25, 0.3) is 5.56 Å². The van der Waals surface area contributed by atoms with Gasteiger partial charge in [0.2, 0.25) is 5.91 Å². The summed E-state index contributed by atoms with van der Waals surface area (Å²) in [6.45, 7) is 0. The number of amides is 1. The lowest BCUT2D eigenvalue weighted by molar-refractivity contribution is -0.118. The first-order valence-corrected chi connectivity index (χ1v) is 7.16. The third-order valence-corrected chi connectivity index (χ3v) is 4.09. The van der Waals surface area contributed by atoms with Crippen LogP contribution in [-0.2, 0) is 10.2 Å². The Morgan fingerprint density at radius 3 is 2.60 bits per heavy atom. The maximum atomic E-state index is 12.5. The van der Waals surface area contributed by atoms with Gasteiger partial charge in [-0.05, 0) is 40.4 Å². The zero-order chi connectivity index (χ0) is 14.2. The van der Waals surface area contributed by atoms with E-state index in [-0.39, 0.29) is 17.2 Å². The van der Waals surface area contributed by atoms with Crippen LogP contribution >= 0.6 is 15.9 Å². The topological polar surface area (TPSA) is 62.0 Å². The van der Waals surface area contributed by atoms with Gasteiger partial charge in [0.15, 0.2) is 0 Å². The van der Waals surface area contributed by atoms with Crippen molar-refractivity contribution in [2.45, 2.75) is 18.3 Å². The minimum Gasteiger partial charge on any atom is -0.326 e. The Morgan fingerprint density at radius 1 is 1.25 bits per heavy atom. The summed E-state index contributed by atoms with van der Waals surface area (Å²) in [4.78, 5) is 26.7. The Kier molecular flexibility index (Phi) is 3.22. The Balaban J connectivity index is 1.87. The Morgan fingerprint density at radius 2 is 1.95 bits per heavy atom. The van der Waals surface area contributed by atoms with Gasteiger partial charge in [-0.15, -0.1) is 0 Å². The van der Waals surface area contributed by atoms with Gasteiger partial charge in [-0.2, -0.15) is 0 Å². The summed E-state index contributed by atoms with van der Waals surface area (Å²) < 4.78 is 0.719. The number of nitrogens with one attached hydrogen (secondary N) is 2. The average molecular weight is 333 g/mol. The van der Waals surface area contributed by atoms with Crippen LogP contribution < -0.4 is 10.9 Å². The fourth-order valence-electron chi connectivity index (χ4n) is 2.32. The van der Waals surface area contributed by atoms with E-state index in [1.165, 1.54) is 0 Å². The third-order valence-electron chi connectivity index (χ3n) is 3.63. The molecule has 1 aromatic heterocycles. The molecule has 3 rings (SSSR count). The van der Waals surface area contributed by atoms with Crippen LogP contribution in [0, 0.1) is 0 Å². The van der Waals surface area contributed by atoms with Gasteiger partial charge >= 0.3 is 0 Å². The van der Waals surface area contributed by atoms with Crippen LogP contribution in [0.5, 0.6) is 0 Å². The van der Waals surface area contributed by atoms with Crippen LogP contribution in [-0.4, -0.2) is 10.9 Å². The first kappa shape index (κ1) is 13.1. The summed E-state index contributed by atoms with van der Waals surface area (Å²) in [5.41, 5.74) is 0.497. The van der Waals surface area contributed by atoms with Gasteiger partial charge in [-0.25, -0.2) is 0 Å². The summed E-state index contributed by atoms with van der Waals surface area (Å²) in [6.07, 6.45) is 3.17. The number of halogens is 1. The van der Waals surface area contributed by atoms with Crippen molar-refractivity contribution in [1.82, 2.24) is 4.98 Å². The largest absolute Gasteiger partial charge is 0.326 e. The van der Waals surface area contributed by atoms with E-state index in [1.807, 2.05) is 30.3 Å². The second-order valence-corrected chi connectivity index (χ2v) is 5.88. The molecule has 1 fully saturated rings. The molecule has 1 aliphatic carbocycles. The number of hydrogen-bond donors (Lipinski definition) is 2. The maximum Gasteiger partial charge on any atom is 0.271 e. The van der Waals surface area contributed by atoms with E-state index in [0.717, 1.165) is 22.9 Å². The minimum absolute atomic E-state index is 0.118. The second kappa shape index (κ2) is 4.90. The summed E-state index contributed by atoms with van der Waals surface area (Å²) in [6, 6.07) is 11.3. The van der Waals surface area contributed by atoms with Crippen LogP contribution in [0.1, 0.15) is 18.4 Å². The number of pyridine rings is 1. The van der Waals surface area contributed by atoms with Gasteiger partial charge in [-0.1, -0.05) is 30.3 Å². The van der Waals surface area contributed by atoms with Crippen molar-refractivity contribution >= 4 is 27.5 Å². The normalized spacial score (nSPS) is 15.7. The fraction of sp³-hybridized carbons (Fsp3) is 0.200. The van der Waals surface area contributed by atoms with E-state index in [0.29, 0.717) is 0 Å². The number of aromatic nitrogens is 1. The molecule has 0 aliphatic heterocycles. The van der Waals surface area contributed by atoms with Crippen LogP contribution in [0.3, 0.4) is 0 Å². The van der Waals surface area contributed by atoms with Crippen molar-refractivity contribution in [2.75, 3.05) is 5.32 Å². The van der Waals surface area contributed by atoms with Crippen LogP contribution in [0.4, 0.5) is 5.69 Å². The summed E-state index contributed by atoms with van der Waals surface area (Å²) in [5, 5.41) is 2.74. The van der Waals surface area contributed by atoms with E-state index < -0.39 is 5.41 Å². The highest BCUT2D eigenvalue weighted by atomic mass is 79.9. The van der Waals surface area contributed by atoms with Crippen molar-refractivity contribution in [3.05, 3.63) is 63.0 Å². The molecule has 20 heavy (non-hydrogen) atoms. The third kappa shape index (κ3) is 2.29. The standard InChI is InChI=1S/C15H13BrN2O2/c16-11-8-12(13(19)17-9-11)18-14(20)15(6-7-15)10-4-2-1-3-5-10/h1-5,8-9H,6-7H2,(H,17,19)(H,18,20). The van der Waals surface area contributed by atoms with Crippen molar-refractivity contribution in [1.29, 1.82) is 0 Å². The van der Waals surface area contributed by atoms with Crippen molar-refractivity contribution in [3.63, 3.8) is 0 Å². The molecule has 2 aromatic rings. The zero-order valence-corrected chi connectivity index (χ0v) is 12.2. The van der Waals surface area contributed by atoms with Gasteiger partial charge in [-0.3, -0.25) is 9.59 Å². The van der Waals surface area contributed by atoms with E-state index in [1.54, 1.807) is 12.3 Å². The molecule has 0 unspecified atom stereocenters. The van der Waals surface area contributed by atoms with Crippen molar-refractivity contribution in [2.24, 2.45) is 0 Å². The Labute approximate surface area is 124 Å². The smallest absolute Gasteiger partial charge is 0.271 e. The van der Waals surface area contributed by atoms with E-state index >= 15 is 0 Å². The molecule has 4 nitrogen and oxygen atoms in total. The lowest BCUT2D eigenvalue weighted by Gasteiger charge is -2.15. The number of carbonyl (C=O) groups excluding carboxylic acids is 1. The van der Waals surface area contributed by atoms with Crippen LogP contribution in [0.25, 0.3) is 0 Å². The molecule has 1 saturated carbocycles. The van der Waals surface area contributed by atoms with E-state index in [2.05, 4.69) is 26.2 Å². The predicted molar refractivity (Wildman–Crippen MR) is 80.7 cm³/mol. The van der Waals surface area contributed by atoms with Crippen molar-refractivity contribution in [3.8, 4) is 0 Å². The lowest BCUT2D eigenvalue weighted by atomic mass is 9.95. The second-order valence-electron chi connectivity index (χ2n) is 4.96. The van der Waals surface area contributed by atoms with Gasteiger partial charge in [0.1, 0.15) is 5.69 Å². The lowest BCUT2D eigenvalue weighted by Crippen LogP contribution is -2.30. The highest BCUT2D eigenvalue weighted by molar-refractivity contribution is 9.10. The number of aromatic amines is 1. The maximum absolute atomic E-state index is 12.5. The molecule has 0 radical (unpaired) electrons. The quantitative estimate of drug-likeness (QED) is 0.907. The molecule has 0 bridgehead atoms. The molecule has 0 atom stereocenters. The number of H-pyrrole nitrogens is 1. The molecular weight excluding hydrogens is 320 g/mol. The Bertz CT molecular complexity index is 705. The predicted octanol–water partition coefficient (Wildman–Crippen LogP) is 2.81. The molecule has 102 valence electrons. The van der Waals surface area contributed by atoms with E-state index in [4.69, 9.17) is 0 Å². The molecule has 0 spiro atoms. The van der Waals surface area contributed by atoms with Crippen molar-refractivity contribution < 1.29 is 4.79 Å².